The minimum absolute atomic E-state index is 0.0368. The average Bonchev–Trinajstić information content (AvgIpc) is 2.84. The highest BCUT2D eigenvalue weighted by Crippen LogP contribution is 2.33. The number of hydrogen-bond donors (Lipinski definition) is 2. The van der Waals surface area contributed by atoms with Crippen LogP contribution in [0.2, 0.25) is 5.02 Å². The van der Waals surface area contributed by atoms with Crippen LogP contribution in [0.3, 0.4) is 0 Å². The Morgan fingerprint density at radius 3 is 2.70 bits per heavy atom. The number of benzene rings is 1. The first-order valence-corrected chi connectivity index (χ1v) is 9.55. The number of nitrogens with one attached hydrogen (secondary N) is 2. The lowest BCUT2D eigenvalue weighted by Gasteiger charge is -2.24. The Morgan fingerprint density at radius 1 is 1.33 bits per heavy atom. The second kappa shape index (κ2) is 7.84. The highest BCUT2D eigenvalue weighted by molar-refractivity contribution is 6.32. The summed E-state index contributed by atoms with van der Waals surface area (Å²) in [7, 11) is 0. The monoisotopic (exact) mass is 395 g/mol. The molecule has 1 heterocycles. The molecule has 2 fully saturated rings. The van der Waals surface area contributed by atoms with Gasteiger partial charge in [-0.2, -0.15) is 0 Å². The van der Waals surface area contributed by atoms with Crippen molar-refractivity contribution in [2.75, 3.05) is 13.1 Å². The molecular formula is C19H23ClFN3O3. The topological polar surface area (TPSA) is 78.5 Å². The SMILES string of the molecule is CC1(c2ccc(F)cc2Cl)NC(=O)N(CC(=O)NCC2CCCCC2)C1=O. The van der Waals surface area contributed by atoms with Crippen LogP contribution in [0.15, 0.2) is 18.2 Å². The number of rotatable bonds is 5. The summed E-state index contributed by atoms with van der Waals surface area (Å²) >= 11 is 6.06. The van der Waals surface area contributed by atoms with Gasteiger partial charge in [-0.05, 0) is 37.8 Å². The van der Waals surface area contributed by atoms with E-state index in [1.165, 1.54) is 38.3 Å². The molecule has 27 heavy (non-hydrogen) atoms. The van der Waals surface area contributed by atoms with E-state index < -0.39 is 23.3 Å². The van der Waals surface area contributed by atoms with Gasteiger partial charge in [-0.1, -0.05) is 36.9 Å². The number of carbonyl (C=O) groups is 3. The Kier molecular flexibility index (Phi) is 5.69. The summed E-state index contributed by atoms with van der Waals surface area (Å²) in [6, 6.07) is 2.95. The molecule has 2 aliphatic rings. The van der Waals surface area contributed by atoms with E-state index in [0.29, 0.717) is 12.5 Å². The summed E-state index contributed by atoms with van der Waals surface area (Å²) in [5, 5.41) is 5.42. The van der Waals surface area contributed by atoms with Crippen molar-refractivity contribution >= 4 is 29.4 Å². The van der Waals surface area contributed by atoms with Crippen molar-refractivity contribution < 1.29 is 18.8 Å². The zero-order chi connectivity index (χ0) is 19.6. The van der Waals surface area contributed by atoms with Gasteiger partial charge in [-0.3, -0.25) is 14.5 Å². The molecule has 1 unspecified atom stereocenters. The fourth-order valence-corrected chi connectivity index (χ4v) is 4.12. The fourth-order valence-electron chi connectivity index (χ4n) is 3.77. The maximum Gasteiger partial charge on any atom is 0.325 e. The second-order valence-electron chi connectivity index (χ2n) is 7.38. The summed E-state index contributed by atoms with van der Waals surface area (Å²) in [6.07, 6.45) is 5.75. The van der Waals surface area contributed by atoms with Crippen molar-refractivity contribution in [3.05, 3.63) is 34.6 Å². The molecule has 1 aliphatic heterocycles. The summed E-state index contributed by atoms with van der Waals surface area (Å²) < 4.78 is 13.3. The molecule has 0 bridgehead atoms. The smallest absolute Gasteiger partial charge is 0.325 e. The maximum atomic E-state index is 13.3. The molecule has 1 aliphatic carbocycles. The number of imide groups is 1. The Bertz CT molecular complexity index is 767. The number of amides is 4. The van der Waals surface area contributed by atoms with Crippen LogP contribution in [0.1, 0.15) is 44.6 Å². The van der Waals surface area contributed by atoms with Gasteiger partial charge >= 0.3 is 6.03 Å². The largest absolute Gasteiger partial charge is 0.354 e. The molecule has 1 atom stereocenters. The Labute approximate surface area is 162 Å². The number of nitrogens with zero attached hydrogens (tertiary/aromatic N) is 1. The van der Waals surface area contributed by atoms with Crippen LogP contribution in [-0.4, -0.2) is 35.8 Å². The molecule has 6 nitrogen and oxygen atoms in total. The molecule has 8 heteroatoms. The zero-order valence-electron chi connectivity index (χ0n) is 15.2. The van der Waals surface area contributed by atoms with Gasteiger partial charge in [0.1, 0.15) is 17.9 Å². The highest BCUT2D eigenvalue weighted by atomic mass is 35.5. The third-order valence-corrected chi connectivity index (χ3v) is 5.67. The molecule has 1 aromatic carbocycles. The van der Waals surface area contributed by atoms with Crippen LogP contribution in [-0.2, 0) is 15.1 Å². The Morgan fingerprint density at radius 2 is 2.04 bits per heavy atom. The van der Waals surface area contributed by atoms with E-state index in [-0.39, 0.29) is 23.0 Å². The number of halogens is 2. The van der Waals surface area contributed by atoms with Crippen LogP contribution in [0.5, 0.6) is 0 Å². The fraction of sp³-hybridized carbons (Fsp3) is 0.526. The lowest BCUT2D eigenvalue weighted by atomic mass is 9.89. The van der Waals surface area contributed by atoms with E-state index in [0.717, 1.165) is 23.8 Å². The van der Waals surface area contributed by atoms with Gasteiger partial charge in [0.15, 0.2) is 0 Å². The summed E-state index contributed by atoms with van der Waals surface area (Å²) in [4.78, 5) is 38.2. The molecular weight excluding hydrogens is 373 g/mol. The van der Waals surface area contributed by atoms with Gasteiger partial charge in [0.2, 0.25) is 5.91 Å². The lowest BCUT2D eigenvalue weighted by molar-refractivity contribution is -0.134. The average molecular weight is 396 g/mol. The van der Waals surface area contributed by atoms with Crippen molar-refractivity contribution in [3.63, 3.8) is 0 Å². The van der Waals surface area contributed by atoms with E-state index in [1.807, 2.05) is 0 Å². The molecule has 3 rings (SSSR count). The summed E-state index contributed by atoms with van der Waals surface area (Å²) in [5.41, 5.74) is -1.15. The van der Waals surface area contributed by atoms with E-state index in [9.17, 15) is 18.8 Å². The number of carbonyl (C=O) groups excluding carboxylic acids is 3. The van der Waals surface area contributed by atoms with Crippen molar-refractivity contribution in [3.8, 4) is 0 Å². The predicted molar refractivity (Wildman–Crippen MR) is 98.6 cm³/mol. The molecule has 1 saturated carbocycles. The molecule has 0 radical (unpaired) electrons. The van der Waals surface area contributed by atoms with E-state index >= 15 is 0 Å². The van der Waals surface area contributed by atoms with Crippen molar-refractivity contribution in [2.24, 2.45) is 5.92 Å². The summed E-state index contributed by atoms with van der Waals surface area (Å²) in [6.45, 7) is 1.70. The zero-order valence-corrected chi connectivity index (χ0v) is 15.9. The molecule has 0 aromatic heterocycles. The first-order valence-electron chi connectivity index (χ1n) is 9.17. The van der Waals surface area contributed by atoms with Crippen LogP contribution >= 0.6 is 11.6 Å². The highest BCUT2D eigenvalue weighted by Gasteiger charge is 2.50. The standard InChI is InChI=1S/C19H23ClFN3O3/c1-19(14-8-7-13(21)9-15(14)20)17(26)24(18(27)23-19)11-16(25)22-10-12-5-3-2-4-6-12/h7-9,12H,2-6,10-11H2,1H3,(H,22,25)(H,23,27). The second-order valence-corrected chi connectivity index (χ2v) is 7.79. The molecule has 1 saturated heterocycles. The third kappa shape index (κ3) is 4.08. The van der Waals surface area contributed by atoms with Crippen molar-refractivity contribution in [2.45, 2.75) is 44.6 Å². The first-order chi connectivity index (χ1) is 12.8. The summed E-state index contributed by atoms with van der Waals surface area (Å²) in [5.74, 6) is -1.05. The van der Waals surface area contributed by atoms with Crippen LogP contribution < -0.4 is 10.6 Å². The molecule has 146 valence electrons. The Balaban J connectivity index is 1.65. The molecule has 2 N–H and O–H groups in total. The van der Waals surface area contributed by atoms with Gasteiger partial charge < -0.3 is 10.6 Å². The normalized spacial score (nSPS) is 23.4. The van der Waals surface area contributed by atoms with Gasteiger partial charge in [0.05, 0.1) is 0 Å². The van der Waals surface area contributed by atoms with Gasteiger partial charge in [0.25, 0.3) is 5.91 Å². The van der Waals surface area contributed by atoms with Crippen molar-refractivity contribution in [1.29, 1.82) is 0 Å². The van der Waals surface area contributed by atoms with Crippen LogP contribution in [0, 0.1) is 11.7 Å². The first kappa shape index (κ1) is 19.6. The van der Waals surface area contributed by atoms with Gasteiger partial charge in [0, 0.05) is 17.1 Å². The van der Waals surface area contributed by atoms with Crippen LogP contribution in [0.25, 0.3) is 0 Å². The van der Waals surface area contributed by atoms with E-state index in [2.05, 4.69) is 10.6 Å². The van der Waals surface area contributed by atoms with E-state index in [4.69, 9.17) is 11.6 Å². The molecule has 1 aromatic rings. The minimum atomic E-state index is -1.44. The number of urea groups is 1. The predicted octanol–water partition coefficient (Wildman–Crippen LogP) is 2.94. The quantitative estimate of drug-likeness (QED) is 0.752. The van der Waals surface area contributed by atoms with Gasteiger partial charge in [-0.15, -0.1) is 0 Å². The Hall–Kier alpha value is -2.15. The van der Waals surface area contributed by atoms with Crippen molar-refractivity contribution in [1.82, 2.24) is 15.5 Å². The molecule has 4 amide bonds. The lowest BCUT2D eigenvalue weighted by Crippen LogP contribution is -2.44. The molecule has 0 spiro atoms. The maximum absolute atomic E-state index is 13.3. The van der Waals surface area contributed by atoms with E-state index in [1.54, 1.807) is 0 Å². The number of hydrogen-bond acceptors (Lipinski definition) is 3. The minimum Gasteiger partial charge on any atom is -0.354 e. The third-order valence-electron chi connectivity index (χ3n) is 5.36. The van der Waals surface area contributed by atoms with Gasteiger partial charge in [-0.25, -0.2) is 9.18 Å². The van der Waals surface area contributed by atoms with Crippen LogP contribution in [0.4, 0.5) is 9.18 Å².